The molecule has 0 radical (unpaired) electrons. The Morgan fingerprint density at radius 1 is 1.42 bits per heavy atom. The van der Waals surface area contributed by atoms with Crippen LogP contribution in [0.15, 0.2) is 28.7 Å². The van der Waals surface area contributed by atoms with Gasteiger partial charge >= 0.3 is 5.97 Å². The molecule has 1 aromatic carbocycles. The van der Waals surface area contributed by atoms with E-state index in [2.05, 4.69) is 25.6 Å². The molecule has 0 saturated carbocycles. The van der Waals surface area contributed by atoms with Gasteiger partial charge in [0.1, 0.15) is 11.7 Å². The van der Waals surface area contributed by atoms with Crippen molar-refractivity contribution in [2.24, 2.45) is 5.92 Å². The molecule has 1 heterocycles. The van der Waals surface area contributed by atoms with Crippen molar-refractivity contribution in [3.05, 3.63) is 34.3 Å². The molecule has 1 aliphatic rings. The number of nitrogens with zero attached hydrogens (tertiary/aromatic N) is 1. The van der Waals surface area contributed by atoms with E-state index in [4.69, 9.17) is 0 Å². The van der Waals surface area contributed by atoms with Crippen molar-refractivity contribution in [1.82, 2.24) is 4.90 Å². The molecule has 1 unspecified atom stereocenters. The molecule has 0 bridgehead atoms. The first kappa shape index (κ1) is 14.2. The van der Waals surface area contributed by atoms with Crippen molar-refractivity contribution in [3.63, 3.8) is 0 Å². The van der Waals surface area contributed by atoms with Crippen LogP contribution in [-0.2, 0) is 20.9 Å². The Labute approximate surface area is 120 Å². The van der Waals surface area contributed by atoms with E-state index in [1.807, 2.05) is 24.3 Å². The lowest BCUT2D eigenvalue weighted by molar-refractivity contribution is -0.152. The van der Waals surface area contributed by atoms with Crippen molar-refractivity contribution >= 4 is 27.7 Å². The fourth-order valence-corrected chi connectivity index (χ4v) is 2.50. The molecule has 1 aliphatic heterocycles. The minimum Gasteiger partial charge on any atom is -0.468 e. The Balaban J connectivity index is 2.00. The van der Waals surface area contributed by atoms with Crippen LogP contribution >= 0.6 is 15.9 Å². The van der Waals surface area contributed by atoms with Crippen LogP contribution in [0.4, 0.5) is 0 Å². The zero-order valence-electron chi connectivity index (χ0n) is 10.8. The molecule has 5 heteroatoms. The lowest BCUT2D eigenvalue weighted by atomic mass is 9.96. The van der Waals surface area contributed by atoms with Crippen molar-refractivity contribution in [2.45, 2.75) is 13.0 Å². The smallest absolute Gasteiger partial charge is 0.317 e. The Kier molecular flexibility index (Phi) is 4.71. The highest BCUT2D eigenvalue weighted by Crippen LogP contribution is 2.18. The Morgan fingerprint density at radius 3 is 2.74 bits per heavy atom. The average molecular weight is 326 g/mol. The quantitative estimate of drug-likeness (QED) is 0.630. The predicted octanol–water partition coefficient (Wildman–Crippen LogP) is 2.01. The maximum atomic E-state index is 11.7. The predicted molar refractivity (Wildman–Crippen MR) is 74.5 cm³/mol. The molecule has 0 spiro atoms. The molecule has 1 fully saturated rings. The fourth-order valence-electron chi connectivity index (χ4n) is 2.23. The number of hydrogen-bond donors (Lipinski definition) is 0. The number of halogens is 1. The molecule has 19 heavy (non-hydrogen) atoms. The van der Waals surface area contributed by atoms with Gasteiger partial charge in [0.15, 0.2) is 0 Å². The summed E-state index contributed by atoms with van der Waals surface area (Å²) in [6.07, 6.45) is 0.413. The molecule has 0 aromatic heterocycles. The minimum atomic E-state index is -0.630. The lowest BCUT2D eigenvalue weighted by Gasteiger charge is -2.30. The average Bonchev–Trinajstić information content (AvgIpc) is 2.42. The molecule has 102 valence electrons. The summed E-state index contributed by atoms with van der Waals surface area (Å²) < 4.78 is 5.72. The Hall–Kier alpha value is -1.20. The Morgan fingerprint density at radius 2 is 2.11 bits per heavy atom. The molecule has 0 amide bonds. The highest BCUT2D eigenvalue weighted by Gasteiger charge is 2.33. The summed E-state index contributed by atoms with van der Waals surface area (Å²) in [5, 5.41) is 0. The zero-order chi connectivity index (χ0) is 13.8. The Bertz CT molecular complexity index is 464. The maximum Gasteiger partial charge on any atom is 0.317 e. The second kappa shape index (κ2) is 6.30. The van der Waals surface area contributed by atoms with Crippen molar-refractivity contribution in [1.29, 1.82) is 0 Å². The number of esters is 1. The van der Waals surface area contributed by atoms with Crippen LogP contribution in [0.5, 0.6) is 0 Å². The van der Waals surface area contributed by atoms with Crippen LogP contribution in [-0.4, -0.2) is 36.9 Å². The van der Waals surface area contributed by atoms with Gasteiger partial charge in [0.25, 0.3) is 0 Å². The maximum absolute atomic E-state index is 11.7. The highest BCUT2D eigenvalue weighted by atomic mass is 79.9. The van der Waals surface area contributed by atoms with E-state index in [-0.39, 0.29) is 5.78 Å². The van der Waals surface area contributed by atoms with Crippen LogP contribution in [0.3, 0.4) is 0 Å². The summed E-state index contributed by atoms with van der Waals surface area (Å²) >= 11 is 3.40. The normalized spacial score (nSPS) is 20.3. The van der Waals surface area contributed by atoms with Crippen molar-refractivity contribution < 1.29 is 14.3 Å². The number of methoxy groups -OCH3 is 1. The first-order valence-electron chi connectivity index (χ1n) is 6.17. The van der Waals surface area contributed by atoms with E-state index in [1.165, 1.54) is 12.7 Å². The number of carbonyl (C=O) groups excluding carboxylic acids is 2. The highest BCUT2D eigenvalue weighted by molar-refractivity contribution is 9.10. The standard InChI is InChI=1S/C14H16BrNO3/c1-19-14(18)12-9-16(7-6-13(12)17)8-10-2-4-11(15)5-3-10/h2-5,12H,6-9H2,1H3. The van der Waals surface area contributed by atoms with Crippen LogP contribution < -0.4 is 0 Å². The van der Waals surface area contributed by atoms with Gasteiger partial charge in [-0.25, -0.2) is 0 Å². The van der Waals surface area contributed by atoms with E-state index in [0.29, 0.717) is 19.5 Å². The molecule has 1 saturated heterocycles. The minimum absolute atomic E-state index is 0.0149. The number of hydrogen-bond acceptors (Lipinski definition) is 4. The van der Waals surface area contributed by atoms with Crippen LogP contribution in [0.1, 0.15) is 12.0 Å². The van der Waals surface area contributed by atoms with Gasteiger partial charge in [-0.2, -0.15) is 0 Å². The number of Topliss-reactive ketones (excluding diaryl/α,β-unsaturated/α-hetero) is 1. The molecule has 1 aromatic rings. The van der Waals surface area contributed by atoms with Gasteiger partial charge in [-0.15, -0.1) is 0 Å². The number of piperidine rings is 1. The van der Waals surface area contributed by atoms with Crippen molar-refractivity contribution in [2.75, 3.05) is 20.2 Å². The largest absolute Gasteiger partial charge is 0.468 e. The van der Waals surface area contributed by atoms with Crippen LogP contribution in [0.2, 0.25) is 0 Å². The number of carbonyl (C=O) groups is 2. The summed E-state index contributed by atoms with van der Waals surface area (Å²) in [6.45, 7) is 1.89. The SMILES string of the molecule is COC(=O)C1CN(Cc2ccc(Br)cc2)CCC1=O. The first-order chi connectivity index (χ1) is 9.10. The lowest BCUT2D eigenvalue weighted by Crippen LogP contribution is -2.44. The third-order valence-corrected chi connectivity index (χ3v) is 3.84. The number of ketones is 1. The topological polar surface area (TPSA) is 46.6 Å². The molecule has 4 nitrogen and oxygen atoms in total. The van der Waals surface area contributed by atoms with Gasteiger partial charge in [0, 0.05) is 30.5 Å². The number of ether oxygens (including phenoxy) is 1. The van der Waals surface area contributed by atoms with Gasteiger partial charge in [0.2, 0.25) is 0 Å². The van der Waals surface area contributed by atoms with Gasteiger partial charge in [0.05, 0.1) is 7.11 Å². The van der Waals surface area contributed by atoms with Crippen LogP contribution in [0.25, 0.3) is 0 Å². The molecular weight excluding hydrogens is 310 g/mol. The third kappa shape index (κ3) is 3.64. The summed E-state index contributed by atoms with van der Waals surface area (Å²) in [5.41, 5.74) is 1.17. The number of benzene rings is 1. The van der Waals surface area contributed by atoms with Gasteiger partial charge in [-0.1, -0.05) is 28.1 Å². The van der Waals surface area contributed by atoms with E-state index in [1.54, 1.807) is 0 Å². The number of rotatable bonds is 3. The monoisotopic (exact) mass is 325 g/mol. The van der Waals surface area contributed by atoms with Gasteiger partial charge in [-0.3, -0.25) is 14.5 Å². The molecule has 1 atom stereocenters. The van der Waals surface area contributed by atoms with Crippen LogP contribution in [0, 0.1) is 5.92 Å². The van der Waals surface area contributed by atoms with E-state index >= 15 is 0 Å². The third-order valence-electron chi connectivity index (χ3n) is 3.31. The first-order valence-corrected chi connectivity index (χ1v) is 6.97. The molecular formula is C14H16BrNO3. The van der Waals surface area contributed by atoms with E-state index in [0.717, 1.165) is 11.0 Å². The summed E-state index contributed by atoms with van der Waals surface area (Å²) in [5.74, 6) is -1.07. The number of likely N-dealkylation sites (tertiary alicyclic amines) is 1. The van der Waals surface area contributed by atoms with E-state index < -0.39 is 11.9 Å². The zero-order valence-corrected chi connectivity index (χ0v) is 12.4. The molecule has 2 rings (SSSR count). The summed E-state index contributed by atoms with van der Waals surface area (Å²) in [7, 11) is 1.32. The summed E-state index contributed by atoms with van der Waals surface area (Å²) in [4.78, 5) is 25.4. The molecule has 0 N–H and O–H groups in total. The summed E-state index contributed by atoms with van der Waals surface area (Å²) in [6, 6.07) is 8.05. The second-order valence-electron chi connectivity index (χ2n) is 4.65. The van der Waals surface area contributed by atoms with Crippen molar-refractivity contribution in [3.8, 4) is 0 Å². The van der Waals surface area contributed by atoms with E-state index in [9.17, 15) is 9.59 Å². The van der Waals surface area contributed by atoms with Gasteiger partial charge < -0.3 is 4.74 Å². The fraction of sp³-hybridized carbons (Fsp3) is 0.429. The second-order valence-corrected chi connectivity index (χ2v) is 5.57. The van der Waals surface area contributed by atoms with Gasteiger partial charge in [-0.05, 0) is 17.7 Å². The molecule has 0 aliphatic carbocycles.